The number of nitriles is 1. The summed E-state index contributed by atoms with van der Waals surface area (Å²) in [6.45, 7) is 6.33. The normalized spacial score (nSPS) is 26.7. The molecular weight excluding hydrogens is 466 g/mol. The molecule has 0 spiro atoms. The Bertz CT molecular complexity index is 1400. The number of nitrogens with one attached hydrogen (secondary N) is 1. The average molecular weight is 492 g/mol. The topological polar surface area (TPSA) is 113 Å². The first-order valence-electron chi connectivity index (χ1n) is 11.9. The molecule has 3 aromatic heterocycles. The summed E-state index contributed by atoms with van der Waals surface area (Å²) in [6, 6.07) is 6.44. The van der Waals surface area contributed by atoms with Crippen molar-refractivity contribution in [2.45, 2.75) is 52.2 Å². The van der Waals surface area contributed by atoms with Gasteiger partial charge in [-0.1, -0.05) is 11.6 Å². The maximum Gasteiger partial charge on any atom is 0.285 e. The van der Waals surface area contributed by atoms with Crippen LogP contribution in [0, 0.1) is 36.0 Å². The third-order valence-electron chi connectivity index (χ3n) is 7.82. The number of H-pyrrole nitrogens is 1. The SMILES string of the molecule is Cc1nn(CC23CC(C#N)(C2)C3)c(C)c1-c1ccnc(OC2CCN(c3cn[nH]c(=O)c3Cl)C2)c1. The van der Waals surface area contributed by atoms with Gasteiger partial charge in [0.1, 0.15) is 11.1 Å². The van der Waals surface area contributed by atoms with Gasteiger partial charge in [-0.25, -0.2) is 10.1 Å². The quantitative estimate of drug-likeness (QED) is 0.560. The van der Waals surface area contributed by atoms with Crippen molar-refractivity contribution in [2.24, 2.45) is 10.8 Å². The zero-order valence-electron chi connectivity index (χ0n) is 19.7. The fourth-order valence-corrected chi connectivity index (χ4v) is 6.52. The lowest BCUT2D eigenvalue weighted by molar-refractivity contribution is -0.174. The number of ether oxygens (including phenoxy) is 1. The fourth-order valence-electron chi connectivity index (χ4n) is 6.31. The smallest absolute Gasteiger partial charge is 0.285 e. The van der Waals surface area contributed by atoms with Crippen molar-refractivity contribution in [3.8, 4) is 23.1 Å². The number of hydrogen-bond donors (Lipinski definition) is 1. The van der Waals surface area contributed by atoms with Gasteiger partial charge < -0.3 is 9.64 Å². The van der Waals surface area contributed by atoms with E-state index in [0.29, 0.717) is 18.1 Å². The van der Waals surface area contributed by atoms with Crippen molar-refractivity contribution in [3.05, 3.63) is 51.3 Å². The first kappa shape index (κ1) is 22.1. The van der Waals surface area contributed by atoms with Gasteiger partial charge in [-0.15, -0.1) is 0 Å². The van der Waals surface area contributed by atoms with E-state index in [1.807, 2.05) is 24.0 Å². The second-order valence-electron chi connectivity index (χ2n) is 10.4. The van der Waals surface area contributed by atoms with Crippen LogP contribution in [-0.2, 0) is 6.54 Å². The van der Waals surface area contributed by atoms with E-state index in [9.17, 15) is 10.1 Å². The monoisotopic (exact) mass is 491 g/mol. The minimum absolute atomic E-state index is 0.0514. The molecule has 0 radical (unpaired) electrons. The molecule has 3 saturated carbocycles. The van der Waals surface area contributed by atoms with Crippen LogP contribution in [0.15, 0.2) is 29.3 Å². The minimum atomic E-state index is -0.396. The van der Waals surface area contributed by atoms with E-state index in [1.54, 1.807) is 12.4 Å². The Balaban J connectivity index is 1.17. The number of anilines is 1. The van der Waals surface area contributed by atoms with E-state index < -0.39 is 5.56 Å². The van der Waals surface area contributed by atoms with Gasteiger partial charge >= 0.3 is 0 Å². The van der Waals surface area contributed by atoms with Gasteiger partial charge in [-0.3, -0.25) is 9.48 Å². The number of pyridine rings is 1. The summed E-state index contributed by atoms with van der Waals surface area (Å²) in [4.78, 5) is 18.2. The molecule has 0 amide bonds. The van der Waals surface area contributed by atoms with E-state index in [-0.39, 0.29) is 22.0 Å². The Morgan fingerprint density at radius 3 is 2.91 bits per heavy atom. The Morgan fingerprint density at radius 2 is 2.14 bits per heavy atom. The molecule has 1 N–H and O–H groups in total. The molecule has 4 heterocycles. The van der Waals surface area contributed by atoms with Crippen LogP contribution in [0.2, 0.25) is 5.02 Å². The van der Waals surface area contributed by atoms with E-state index in [0.717, 1.165) is 61.3 Å². The highest BCUT2D eigenvalue weighted by atomic mass is 35.5. The Morgan fingerprint density at radius 1 is 1.34 bits per heavy atom. The first-order valence-corrected chi connectivity index (χ1v) is 12.2. The molecule has 1 saturated heterocycles. The van der Waals surface area contributed by atoms with Crippen molar-refractivity contribution < 1.29 is 4.74 Å². The number of aromatic nitrogens is 5. The number of hydrogen-bond acceptors (Lipinski definition) is 7. The number of nitrogens with zero attached hydrogens (tertiary/aromatic N) is 6. The summed E-state index contributed by atoms with van der Waals surface area (Å²) >= 11 is 6.17. The van der Waals surface area contributed by atoms with Gasteiger partial charge in [0.05, 0.1) is 35.6 Å². The average Bonchev–Trinajstić information content (AvgIpc) is 3.35. The summed E-state index contributed by atoms with van der Waals surface area (Å²) in [5.41, 5.74) is 4.65. The molecule has 4 fully saturated rings. The summed E-state index contributed by atoms with van der Waals surface area (Å²) in [7, 11) is 0. The summed E-state index contributed by atoms with van der Waals surface area (Å²) in [5, 5.41) is 20.5. The number of halogens is 1. The van der Waals surface area contributed by atoms with Crippen molar-refractivity contribution in [1.29, 1.82) is 5.26 Å². The highest BCUT2D eigenvalue weighted by molar-refractivity contribution is 6.33. The Labute approximate surface area is 207 Å². The molecule has 180 valence electrons. The lowest BCUT2D eigenvalue weighted by Crippen LogP contribution is -2.62. The number of aromatic amines is 1. The van der Waals surface area contributed by atoms with Gasteiger partial charge in [-0.05, 0) is 50.2 Å². The third-order valence-corrected chi connectivity index (χ3v) is 8.18. The van der Waals surface area contributed by atoms with Crippen LogP contribution < -0.4 is 15.2 Å². The molecule has 35 heavy (non-hydrogen) atoms. The van der Waals surface area contributed by atoms with E-state index in [2.05, 4.69) is 32.9 Å². The molecule has 3 aromatic rings. The first-order chi connectivity index (χ1) is 16.8. The van der Waals surface area contributed by atoms with Gasteiger partial charge in [0.2, 0.25) is 5.88 Å². The van der Waals surface area contributed by atoms with E-state index in [1.165, 1.54) is 0 Å². The Hall–Kier alpha value is -3.38. The summed E-state index contributed by atoms with van der Waals surface area (Å²) < 4.78 is 8.33. The maximum atomic E-state index is 11.8. The molecule has 1 unspecified atom stereocenters. The molecule has 1 aliphatic heterocycles. The van der Waals surface area contributed by atoms with Crippen LogP contribution in [0.4, 0.5) is 5.69 Å². The molecule has 9 nitrogen and oxygen atoms in total. The lowest BCUT2D eigenvalue weighted by atomic mass is 9.36. The van der Waals surface area contributed by atoms with E-state index >= 15 is 0 Å². The minimum Gasteiger partial charge on any atom is -0.472 e. The van der Waals surface area contributed by atoms with Crippen LogP contribution in [-0.4, -0.2) is 44.2 Å². The van der Waals surface area contributed by atoms with Crippen molar-refractivity contribution in [3.63, 3.8) is 0 Å². The fraction of sp³-hybridized carbons (Fsp3) is 0.480. The van der Waals surface area contributed by atoms with Crippen LogP contribution in [0.25, 0.3) is 11.1 Å². The van der Waals surface area contributed by atoms with Gasteiger partial charge in [-0.2, -0.15) is 15.5 Å². The largest absolute Gasteiger partial charge is 0.472 e. The van der Waals surface area contributed by atoms with Crippen molar-refractivity contribution in [2.75, 3.05) is 18.0 Å². The zero-order chi connectivity index (χ0) is 24.4. The molecule has 1 atom stereocenters. The maximum absolute atomic E-state index is 11.8. The number of rotatable bonds is 6. The Kier molecular flexibility index (Phi) is 4.94. The summed E-state index contributed by atoms with van der Waals surface area (Å²) in [5.74, 6) is 0.561. The predicted octanol–water partition coefficient (Wildman–Crippen LogP) is 3.65. The second kappa shape index (κ2) is 7.82. The molecule has 0 aromatic carbocycles. The molecule has 4 aliphatic rings. The second-order valence-corrected chi connectivity index (χ2v) is 10.8. The summed E-state index contributed by atoms with van der Waals surface area (Å²) in [6.07, 6.45) is 7.04. The standard InChI is InChI=1S/C25H26ClN7O2/c1-15-21(16(2)33(31-15)14-25-10-24(11-25,12-25)13-27)17-3-5-28-20(7-17)35-18-4-6-32(9-18)19-8-29-30-23(34)22(19)26/h3,5,7-8,18H,4,6,9-12,14H2,1-2H3,(H,30,34). The third kappa shape index (κ3) is 3.59. The van der Waals surface area contributed by atoms with E-state index in [4.69, 9.17) is 21.4 Å². The van der Waals surface area contributed by atoms with Crippen LogP contribution in [0.3, 0.4) is 0 Å². The molecule has 2 bridgehead atoms. The van der Waals surface area contributed by atoms with Crippen LogP contribution in [0.1, 0.15) is 37.1 Å². The number of aryl methyl sites for hydroxylation is 1. The van der Waals surface area contributed by atoms with Crippen molar-refractivity contribution >= 4 is 17.3 Å². The van der Waals surface area contributed by atoms with Gasteiger partial charge in [0, 0.05) is 43.0 Å². The van der Waals surface area contributed by atoms with Crippen LogP contribution >= 0.6 is 11.6 Å². The van der Waals surface area contributed by atoms with Crippen molar-refractivity contribution in [1.82, 2.24) is 25.0 Å². The lowest BCUT2D eigenvalue weighted by Gasteiger charge is -2.67. The highest BCUT2D eigenvalue weighted by Crippen LogP contribution is 2.73. The van der Waals surface area contributed by atoms with Gasteiger partial charge in [0.15, 0.2) is 0 Å². The zero-order valence-corrected chi connectivity index (χ0v) is 20.5. The van der Waals surface area contributed by atoms with Gasteiger partial charge in [0.25, 0.3) is 5.56 Å². The molecule has 10 heteroatoms. The molecular formula is C25H26ClN7O2. The van der Waals surface area contributed by atoms with Crippen LogP contribution in [0.5, 0.6) is 5.88 Å². The highest BCUT2D eigenvalue weighted by Gasteiger charge is 2.68. The molecule has 7 rings (SSSR count). The predicted molar refractivity (Wildman–Crippen MR) is 130 cm³/mol. The molecule has 3 aliphatic carbocycles.